The highest BCUT2D eigenvalue weighted by atomic mass is 16.6. The van der Waals surface area contributed by atoms with Gasteiger partial charge < -0.3 is 19.3 Å². The molecular formula is C18H25N3O4. The lowest BCUT2D eigenvalue weighted by Crippen LogP contribution is -2.50. The number of rotatable bonds is 4. The van der Waals surface area contributed by atoms with Gasteiger partial charge in [0.15, 0.2) is 0 Å². The van der Waals surface area contributed by atoms with Crippen LogP contribution in [0.4, 0.5) is 4.79 Å². The first-order chi connectivity index (χ1) is 12.2. The van der Waals surface area contributed by atoms with Crippen molar-refractivity contribution < 1.29 is 19.1 Å². The van der Waals surface area contributed by atoms with Crippen LogP contribution in [0.2, 0.25) is 0 Å². The monoisotopic (exact) mass is 347 g/mol. The zero-order valence-electron chi connectivity index (χ0n) is 14.6. The van der Waals surface area contributed by atoms with Gasteiger partial charge in [0.1, 0.15) is 6.10 Å². The summed E-state index contributed by atoms with van der Waals surface area (Å²) < 4.78 is 10.9. The molecular weight excluding hydrogens is 322 g/mol. The van der Waals surface area contributed by atoms with Crippen molar-refractivity contribution in [3.63, 3.8) is 0 Å². The van der Waals surface area contributed by atoms with Crippen molar-refractivity contribution >= 4 is 12.0 Å². The third kappa shape index (κ3) is 4.41. The third-order valence-corrected chi connectivity index (χ3v) is 4.66. The quantitative estimate of drug-likeness (QED) is 0.836. The first kappa shape index (κ1) is 17.5. The Hall–Kier alpha value is -2.31. The maximum absolute atomic E-state index is 12.7. The number of pyridine rings is 1. The van der Waals surface area contributed by atoms with Gasteiger partial charge in [-0.2, -0.15) is 0 Å². The highest BCUT2D eigenvalue weighted by Crippen LogP contribution is 2.23. The fraction of sp³-hybridized carbons (Fsp3) is 0.611. The number of hydrogen-bond donors (Lipinski definition) is 0. The van der Waals surface area contributed by atoms with E-state index in [1.807, 2.05) is 0 Å². The van der Waals surface area contributed by atoms with E-state index in [-0.39, 0.29) is 18.1 Å². The molecule has 2 heterocycles. The molecule has 1 aliphatic heterocycles. The molecule has 1 saturated carbocycles. The van der Waals surface area contributed by atoms with Crippen LogP contribution in [0.15, 0.2) is 18.3 Å². The van der Waals surface area contributed by atoms with E-state index in [1.54, 1.807) is 35.1 Å². The van der Waals surface area contributed by atoms with E-state index in [4.69, 9.17) is 9.47 Å². The minimum Gasteiger partial charge on any atom is -0.474 e. The number of hydrogen-bond acceptors (Lipinski definition) is 5. The van der Waals surface area contributed by atoms with Gasteiger partial charge in [-0.15, -0.1) is 0 Å². The van der Waals surface area contributed by atoms with Crippen LogP contribution in [0.1, 0.15) is 43.0 Å². The number of carbonyl (C=O) groups is 2. The molecule has 0 atom stereocenters. The maximum Gasteiger partial charge on any atom is 0.409 e. The summed E-state index contributed by atoms with van der Waals surface area (Å²) in [5.41, 5.74) is 0.576. The second kappa shape index (κ2) is 8.18. The fourth-order valence-corrected chi connectivity index (χ4v) is 3.27. The summed E-state index contributed by atoms with van der Waals surface area (Å²) in [6, 6.07) is 3.43. The average molecular weight is 347 g/mol. The predicted octanol–water partition coefficient (Wildman–Crippen LogP) is 2.32. The summed E-state index contributed by atoms with van der Waals surface area (Å²) >= 11 is 0. The Bertz CT molecular complexity index is 608. The van der Waals surface area contributed by atoms with Crippen LogP contribution in [0.5, 0.6) is 5.88 Å². The lowest BCUT2D eigenvalue weighted by Gasteiger charge is -2.34. The summed E-state index contributed by atoms with van der Waals surface area (Å²) in [7, 11) is 0. The van der Waals surface area contributed by atoms with Crippen molar-refractivity contribution in [2.45, 2.75) is 38.7 Å². The second-order valence-electron chi connectivity index (χ2n) is 6.39. The maximum atomic E-state index is 12.7. The molecule has 0 bridgehead atoms. The van der Waals surface area contributed by atoms with E-state index in [0.29, 0.717) is 44.2 Å². The van der Waals surface area contributed by atoms with Crippen LogP contribution < -0.4 is 4.74 Å². The van der Waals surface area contributed by atoms with Gasteiger partial charge in [-0.1, -0.05) is 0 Å². The van der Waals surface area contributed by atoms with E-state index in [0.717, 1.165) is 12.8 Å². The lowest BCUT2D eigenvalue weighted by atomic mass is 10.2. The van der Waals surface area contributed by atoms with Crippen LogP contribution >= 0.6 is 0 Å². The van der Waals surface area contributed by atoms with E-state index in [1.165, 1.54) is 12.8 Å². The molecule has 1 aliphatic carbocycles. The molecule has 0 unspecified atom stereocenters. The Morgan fingerprint density at radius 1 is 1.16 bits per heavy atom. The number of carbonyl (C=O) groups excluding carboxylic acids is 2. The normalized spacial score (nSPS) is 18.3. The zero-order chi connectivity index (χ0) is 17.6. The number of ether oxygens (including phenoxy) is 2. The third-order valence-electron chi connectivity index (χ3n) is 4.66. The molecule has 2 aliphatic rings. The molecule has 136 valence electrons. The molecule has 1 saturated heterocycles. The Balaban J connectivity index is 1.57. The van der Waals surface area contributed by atoms with Gasteiger partial charge in [0.05, 0.1) is 6.61 Å². The van der Waals surface area contributed by atoms with Crippen LogP contribution in [0.25, 0.3) is 0 Å². The van der Waals surface area contributed by atoms with Gasteiger partial charge in [0, 0.05) is 44.0 Å². The van der Waals surface area contributed by atoms with Crippen molar-refractivity contribution in [2.24, 2.45) is 0 Å². The SMILES string of the molecule is CCOC(=O)N1CCN(C(=O)c2ccnc(OC3CCCC3)c2)CC1. The summed E-state index contributed by atoms with van der Waals surface area (Å²) in [5, 5.41) is 0. The zero-order valence-corrected chi connectivity index (χ0v) is 14.6. The molecule has 25 heavy (non-hydrogen) atoms. The molecule has 7 nitrogen and oxygen atoms in total. The number of amides is 2. The fourth-order valence-electron chi connectivity index (χ4n) is 3.27. The Morgan fingerprint density at radius 2 is 1.84 bits per heavy atom. The standard InChI is InChI=1S/C18H25N3O4/c1-2-24-18(23)21-11-9-20(10-12-21)17(22)14-7-8-19-16(13-14)25-15-5-3-4-6-15/h7-8,13,15H,2-6,9-12H2,1H3. The molecule has 0 aromatic carbocycles. The molecule has 1 aromatic heterocycles. The highest BCUT2D eigenvalue weighted by molar-refractivity contribution is 5.94. The summed E-state index contributed by atoms with van der Waals surface area (Å²) in [6.45, 7) is 4.12. The molecule has 3 rings (SSSR count). The minimum absolute atomic E-state index is 0.0535. The molecule has 2 amide bonds. The Kier molecular flexibility index (Phi) is 5.73. The minimum atomic E-state index is -0.314. The predicted molar refractivity (Wildman–Crippen MR) is 91.6 cm³/mol. The molecule has 0 N–H and O–H groups in total. The van der Waals surface area contributed by atoms with Crippen molar-refractivity contribution in [3.05, 3.63) is 23.9 Å². The van der Waals surface area contributed by atoms with Crippen molar-refractivity contribution in [1.29, 1.82) is 0 Å². The molecule has 7 heteroatoms. The largest absolute Gasteiger partial charge is 0.474 e. The topological polar surface area (TPSA) is 72.0 Å². The number of piperazine rings is 1. The van der Waals surface area contributed by atoms with Crippen LogP contribution in [-0.4, -0.2) is 65.7 Å². The first-order valence-electron chi connectivity index (χ1n) is 9.01. The molecule has 2 fully saturated rings. The van der Waals surface area contributed by atoms with Crippen molar-refractivity contribution in [3.8, 4) is 5.88 Å². The van der Waals surface area contributed by atoms with E-state index >= 15 is 0 Å². The van der Waals surface area contributed by atoms with Gasteiger partial charge in [-0.05, 0) is 38.7 Å². The van der Waals surface area contributed by atoms with Crippen LogP contribution in [0.3, 0.4) is 0 Å². The van der Waals surface area contributed by atoms with Crippen molar-refractivity contribution in [1.82, 2.24) is 14.8 Å². The van der Waals surface area contributed by atoms with Crippen LogP contribution in [0, 0.1) is 0 Å². The Labute approximate surface area is 147 Å². The summed E-state index contributed by atoms with van der Waals surface area (Å²) in [6.07, 6.45) is 6.00. The summed E-state index contributed by atoms with van der Waals surface area (Å²) in [4.78, 5) is 32.0. The van der Waals surface area contributed by atoms with Gasteiger partial charge in [-0.3, -0.25) is 4.79 Å². The van der Waals surface area contributed by atoms with Gasteiger partial charge >= 0.3 is 6.09 Å². The Morgan fingerprint density at radius 3 is 2.52 bits per heavy atom. The highest BCUT2D eigenvalue weighted by Gasteiger charge is 2.26. The van der Waals surface area contributed by atoms with E-state index < -0.39 is 0 Å². The molecule has 0 spiro atoms. The number of aromatic nitrogens is 1. The molecule has 0 radical (unpaired) electrons. The van der Waals surface area contributed by atoms with Crippen LogP contribution in [-0.2, 0) is 4.74 Å². The first-order valence-corrected chi connectivity index (χ1v) is 9.01. The summed E-state index contributed by atoms with van der Waals surface area (Å²) in [5.74, 6) is 0.463. The number of nitrogens with zero attached hydrogens (tertiary/aromatic N) is 3. The van der Waals surface area contributed by atoms with Gasteiger partial charge in [0.2, 0.25) is 5.88 Å². The van der Waals surface area contributed by atoms with Gasteiger partial charge in [-0.25, -0.2) is 9.78 Å². The van der Waals surface area contributed by atoms with Crippen molar-refractivity contribution in [2.75, 3.05) is 32.8 Å². The van der Waals surface area contributed by atoms with E-state index in [9.17, 15) is 9.59 Å². The van der Waals surface area contributed by atoms with Gasteiger partial charge in [0.25, 0.3) is 5.91 Å². The molecule has 1 aromatic rings. The average Bonchev–Trinajstić information content (AvgIpc) is 3.15. The smallest absolute Gasteiger partial charge is 0.409 e. The second-order valence-corrected chi connectivity index (χ2v) is 6.39. The van der Waals surface area contributed by atoms with E-state index in [2.05, 4.69) is 4.98 Å². The lowest BCUT2D eigenvalue weighted by molar-refractivity contribution is 0.0570.